The summed E-state index contributed by atoms with van der Waals surface area (Å²) >= 11 is 3.22. The number of ketones is 1. The molecule has 1 fully saturated rings. The Labute approximate surface area is 84.6 Å². The third kappa shape index (κ3) is 1.84. The third-order valence-corrected chi connectivity index (χ3v) is 2.65. The van der Waals surface area contributed by atoms with Crippen molar-refractivity contribution >= 4 is 21.7 Å². The normalized spacial score (nSPS) is 23.5. The van der Waals surface area contributed by atoms with Gasteiger partial charge in [0.1, 0.15) is 11.5 Å². The third-order valence-electron chi connectivity index (χ3n) is 2.22. The first kappa shape index (κ1) is 8.97. The van der Waals surface area contributed by atoms with Gasteiger partial charge in [0.15, 0.2) is 4.67 Å². The number of rotatable bonds is 1. The van der Waals surface area contributed by atoms with E-state index < -0.39 is 0 Å². The number of Topliss-reactive ketones (excluding diaryl/α,β-unsaturated/α-hetero) is 1. The second-order valence-corrected chi connectivity index (χ2v) is 3.90. The van der Waals surface area contributed by atoms with Gasteiger partial charge >= 0.3 is 0 Å². The van der Waals surface area contributed by atoms with E-state index in [4.69, 9.17) is 4.42 Å². The molecule has 2 rings (SSSR count). The van der Waals surface area contributed by atoms with Crippen LogP contribution in [0, 0.1) is 0 Å². The van der Waals surface area contributed by atoms with Gasteiger partial charge in [-0.1, -0.05) is 0 Å². The van der Waals surface area contributed by atoms with Crippen LogP contribution in [-0.2, 0) is 4.79 Å². The fraction of sp³-hybridized carbons (Fsp3) is 0.444. The molecule has 4 heteroatoms. The Bertz CT molecular complexity index is 321. The first-order valence-electron chi connectivity index (χ1n) is 4.26. The molecule has 1 unspecified atom stereocenters. The highest BCUT2D eigenvalue weighted by Crippen LogP contribution is 2.24. The van der Waals surface area contributed by atoms with Crippen molar-refractivity contribution in [1.29, 1.82) is 0 Å². The molecular formula is C9H10BrNO2. The Morgan fingerprint density at radius 3 is 3.00 bits per heavy atom. The summed E-state index contributed by atoms with van der Waals surface area (Å²) in [7, 11) is 0. The molecule has 1 saturated heterocycles. The lowest BCUT2D eigenvalue weighted by Crippen LogP contribution is -2.35. The van der Waals surface area contributed by atoms with Crippen molar-refractivity contribution in [2.24, 2.45) is 0 Å². The van der Waals surface area contributed by atoms with Gasteiger partial charge in [-0.15, -0.1) is 0 Å². The van der Waals surface area contributed by atoms with E-state index in [1.54, 1.807) is 0 Å². The zero-order valence-corrected chi connectivity index (χ0v) is 8.63. The Morgan fingerprint density at radius 2 is 2.38 bits per heavy atom. The number of halogens is 1. The predicted octanol–water partition coefficient (Wildman–Crippen LogP) is 1.69. The topological polar surface area (TPSA) is 42.2 Å². The van der Waals surface area contributed by atoms with Gasteiger partial charge in [0.25, 0.3) is 0 Å². The van der Waals surface area contributed by atoms with Crippen LogP contribution in [-0.4, -0.2) is 18.9 Å². The van der Waals surface area contributed by atoms with Crippen LogP contribution in [0.15, 0.2) is 21.2 Å². The van der Waals surface area contributed by atoms with E-state index in [0.29, 0.717) is 17.6 Å². The largest absolute Gasteiger partial charge is 0.454 e. The van der Waals surface area contributed by atoms with Crippen LogP contribution in [0.3, 0.4) is 0 Å². The molecule has 1 aliphatic rings. The average Bonchev–Trinajstić information content (AvgIpc) is 2.53. The maximum atomic E-state index is 11.5. The lowest BCUT2D eigenvalue weighted by Gasteiger charge is -2.19. The summed E-state index contributed by atoms with van der Waals surface area (Å²) in [4.78, 5) is 11.5. The minimum absolute atomic E-state index is 0.0972. The smallest absolute Gasteiger partial charge is 0.169 e. The number of nitrogens with one attached hydrogen (secondary N) is 1. The van der Waals surface area contributed by atoms with Crippen LogP contribution in [0.4, 0.5) is 0 Å². The summed E-state index contributed by atoms with van der Waals surface area (Å²) < 4.78 is 6.03. The summed E-state index contributed by atoms with van der Waals surface area (Å²) in [6.45, 7) is 1.48. The van der Waals surface area contributed by atoms with E-state index in [9.17, 15) is 4.79 Å². The average molecular weight is 244 g/mol. The molecular weight excluding hydrogens is 234 g/mol. The lowest BCUT2D eigenvalue weighted by atomic mass is 9.96. The van der Waals surface area contributed by atoms with Gasteiger partial charge in [-0.05, 0) is 28.1 Å². The molecule has 0 spiro atoms. The summed E-state index contributed by atoms with van der Waals surface area (Å²) in [5.74, 6) is 0.921. The molecule has 1 aromatic rings. The molecule has 1 N–H and O–H groups in total. The van der Waals surface area contributed by atoms with E-state index in [-0.39, 0.29) is 11.7 Å². The van der Waals surface area contributed by atoms with Crippen molar-refractivity contribution in [3.8, 4) is 0 Å². The van der Waals surface area contributed by atoms with Crippen molar-refractivity contribution in [2.75, 3.05) is 13.1 Å². The van der Waals surface area contributed by atoms with Gasteiger partial charge in [-0.2, -0.15) is 0 Å². The molecule has 1 atom stereocenters. The number of carbonyl (C=O) groups is 1. The number of furan rings is 1. The molecule has 0 aliphatic carbocycles. The van der Waals surface area contributed by atoms with Crippen LogP contribution in [0.2, 0.25) is 0 Å². The minimum atomic E-state index is -0.0972. The first-order chi connectivity index (χ1) is 6.27. The van der Waals surface area contributed by atoms with E-state index in [1.165, 1.54) is 0 Å². The molecule has 1 aromatic heterocycles. The molecule has 2 heterocycles. The van der Waals surface area contributed by atoms with Crippen LogP contribution in [0.1, 0.15) is 18.1 Å². The zero-order chi connectivity index (χ0) is 9.26. The van der Waals surface area contributed by atoms with E-state index in [1.807, 2.05) is 12.1 Å². The second-order valence-electron chi connectivity index (χ2n) is 3.11. The summed E-state index contributed by atoms with van der Waals surface area (Å²) in [6.07, 6.45) is 0.600. The number of carbonyl (C=O) groups excluding carboxylic acids is 1. The SMILES string of the molecule is O=C1CCNCC1c1ccc(Br)o1. The van der Waals surface area contributed by atoms with Crippen LogP contribution < -0.4 is 5.32 Å². The molecule has 0 radical (unpaired) electrons. The van der Waals surface area contributed by atoms with Crippen LogP contribution in [0.5, 0.6) is 0 Å². The standard InChI is InChI=1S/C9H10BrNO2/c10-9-2-1-8(13-9)6-5-11-4-3-7(6)12/h1-2,6,11H,3-5H2. The number of hydrogen-bond acceptors (Lipinski definition) is 3. The van der Waals surface area contributed by atoms with Gasteiger partial charge in [0.2, 0.25) is 0 Å². The van der Waals surface area contributed by atoms with E-state index in [0.717, 1.165) is 12.3 Å². The van der Waals surface area contributed by atoms with Crippen molar-refractivity contribution in [3.63, 3.8) is 0 Å². The molecule has 0 amide bonds. The highest BCUT2D eigenvalue weighted by Gasteiger charge is 2.26. The van der Waals surface area contributed by atoms with Crippen molar-refractivity contribution in [3.05, 3.63) is 22.6 Å². The maximum Gasteiger partial charge on any atom is 0.169 e. The Morgan fingerprint density at radius 1 is 1.54 bits per heavy atom. The number of piperidine rings is 1. The van der Waals surface area contributed by atoms with Gasteiger partial charge in [0, 0.05) is 19.5 Å². The molecule has 70 valence electrons. The number of hydrogen-bond donors (Lipinski definition) is 1. The van der Waals surface area contributed by atoms with Crippen LogP contribution >= 0.6 is 15.9 Å². The van der Waals surface area contributed by atoms with Gasteiger partial charge in [-0.3, -0.25) is 4.79 Å². The second kappa shape index (κ2) is 3.64. The van der Waals surface area contributed by atoms with Crippen molar-refractivity contribution in [2.45, 2.75) is 12.3 Å². The predicted molar refractivity (Wildman–Crippen MR) is 51.6 cm³/mol. The molecule has 0 aromatic carbocycles. The fourth-order valence-corrected chi connectivity index (χ4v) is 1.84. The van der Waals surface area contributed by atoms with Crippen LogP contribution in [0.25, 0.3) is 0 Å². The first-order valence-corrected chi connectivity index (χ1v) is 5.05. The molecule has 0 saturated carbocycles. The minimum Gasteiger partial charge on any atom is -0.454 e. The summed E-state index contributed by atoms with van der Waals surface area (Å²) in [5.41, 5.74) is 0. The molecule has 13 heavy (non-hydrogen) atoms. The zero-order valence-electron chi connectivity index (χ0n) is 7.05. The molecule has 0 bridgehead atoms. The van der Waals surface area contributed by atoms with Crippen molar-refractivity contribution < 1.29 is 9.21 Å². The lowest BCUT2D eigenvalue weighted by molar-refractivity contribution is -0.121. The highest BCUT2D eigenvalue weighted by molar-refractivity contribution is 9.10. The quantitative estimate of drug-likeness (QED) is 0.817. The summed E-state index contributed by atoms with van der Waals surface area (Å²) in [6, 6.07) is 3.66. The Hall–Kier alpha value is -0.610. The Kier molecular flexibility index (Phi) is 2.51. The maximum absolute atomic E-state index is 11.5. The van der Waals surface area contributed by atoms with E-state index in [2.05, 4.69) is 21.2 Å². The monoisotopic (exact) mass is 243 g/mol. The molecule has 1 aliphatic heterocycles. The van der Waals surface area contributed by atoms with Gasteiger partial charge in [0.05, 0.1) is 5.92 Å². The van der Waals surface area contributed by atoms with Crippen molar-refractivity contribution in [1.82, 2.24) is 5.32 Å². The Balaban J connectivity index is 2.19. The summed E-state index contributed by atoms with van der Waals surface area (Å²) in [5, 5.41) is 3.18. The van der Waals surface area contributed by atoms with Gasteiger partial charge < -0.3 is 9.73 Å². The molecule has 3 nitrogen and oxygen atoms in total. The fourth-order valence-electron chi connectivity index (χ4n) is 1.52. The van der Waals surface area contributed by atoms with E-state index >= 15 is 0 Å². The highest BCUT2D eigenvalue weighted by atomic mass is 79.9. The van der Waals surface area contributed by atoms with Gasteiger partial charge in [-0.25, -0.2) is 0 Å².